The molecule has 1 aromatic heterocycles. The minimum absolute atomic E-state index is 0.224. The third-order valence-corrected chi connectivity index (χ3v) is 2.38. The van der Waals surface area contributed by atoms with Gasteiger partial charge in [-0.25, -0.2) is 0 Å². The van der Waals surface area contributed by atoms with Crippen LogP contribution in [0.25, 0.3) is 10.9 Å². The Hall–Kier alpha value is -2.10. The Bertz CT molecular complexity index is 587. The molecule has 0 aliphatic carbocycles. The molecule has 2 aromatic rings. The first kappa shape index (κ1) is 10.4. The Labute approximate surface area is 92.8 Å². The second-order valence-electron chi connectivity index (χ2n) is 3.37. The van der Waals surface area contributed by atoms with Crippen LogP contribution < -0.4 is 10.3 Å². The molecule has 4 nitrogen and oxygen atoms in total. The molecule has 0 spiro atoms. The van der Waals surface area contributed by atoms with Gasteiger partial charge in [0.2, 0.25) is 0 Å². The van der Waals surface area contributed by atoms with Crippen molar-refractivity contribution in [2.45, 2.75) is 6.54 Å². The monoisotopic (exact) mass is 216 g/mol. The van der Waals surface area contributed by atoms with Crippen molar-refractivity contribution in [3.05, 3.63) is 47.5 Å². The van der Waals surface area contributed by atoms with Gasteiger partial charge in [0, 0.05) is 12.6 Å². The molecule has 1 heterocycles. The molecule has 2 rings (SSSR count). The molecule has 0 saturated heterocycles. The van der Waals surface area contributed by atoms with Crippen molar-refractivity contribution in [2.24, 2.45) is 0 Å². The molecule has 0 N–H and O–H groups in total. The van der Waals surface area contributed by atoms with E-state index in [1.165, 1.54) is 6.33 Å². The third-order valence-electron chi connectivity index (χ3n) is 2.38. The maximum atomic E-state index is 11.5. The van der Waals surface area contributed by atoms with E-state index < -0.39 is 0 Å². The Morgan fingerprint density at radius 3 is 3.06 bits per heavy atom. The van der Waals surface area contributed by atoms with E-state index in [4.69, 9.17) is 4.74 Å². The van der Waals surface area contributed by atoms with Crippen molar-refractivity contribution in [2.75, 3.05) is 7.11 Å². The van der Waals surface area contributed by atoms with Gasteiger partial charge in [0.15, 0.2) is 0 Å². The van der Waals surface area contributed by atoms with Crippen LogP contribution in [0.1, 0.15) is 0 Å². The fraction of sp³-hybridized carbons (Fsp3) is 0.167. The Balaban J connectivity index is 2.77. The van der Waals surface area contributed by atoms with E-state index in [0.29, 0.717) is 11.9 Å². The van der Waals surface area contributed by atoms with Gasteiger partial charge in [-0.2, -0.15) is 4.98 Å². The SMILES string of the molecule is C=CCn1cnc(=O)c2ccc(OC)cc21. The van der Waals surface area contributed by atoms with Crippen molar-refractivity contribution in [1.29, 1.82) is 0 Å². The van der Waals surface area contributed by atoms with E-state index in [9.17, 15) is 4.79 Å². The average Bonchev–Trinajstić information content (AvgIpc) is 2.32. The van der Waals surface area contributed by atoms with Crippen LogP contribution in [0.15, 0.2) is 42.0 Å². The number of ether oxygens (including phenoxy) is 1. The Morgan fingerprint density at radius 2 is 2.38 bits per heavy atom. The molecule has 4 heteroatoms. The van der Waals surface area contributed by atoms with Gasteiger partial charge < -0.3 is 9.30 Å². The van der Waals surface area contributed by atoms with Gasteiger partial charge in [0.05, 0.1) is 24.3 Å². The predicted octanol–water partition coefficient (Wildman–Crippen LogP) is 1.59. The maximum absolute atomic E-state index is 11.5. The molecule has 0 bridgehead atoms. The molecule has 1 aromatic carbocycles. The largest absolute Gasteiger partial charge is 0.497 e. The molecule has 16 heavy (non-hydrogen) atoms. The molecule has 0 aliphatic heterocycles. The predicted molar refractivity (Wildman–Crippen MR) is 62.8 cm³/mol. The summed E-state index contributed by atoms with van der Waals surface area (Å²) < 4.78 is 6.99. The normalized spacial score (nSPS) is 10.3. The van der Waals surface area contributed by atoms with Crippen molar-refractivity contribution in [1.82, 2.24) is 9.55 Å². The van der Waals surface area contributed by atoms with E-state index in [0.717, 1.165) is 11.3 Å². The van der Waals surface area contributed by atoms with Crippen LogP contribution in [0.3, 0.4) is 0 Å². The van der Waals surface area contributed by atoms with Crippen molar-refractivity contribution >= 4 is 10.9 Å². The number of fused-ring (bicyclic) bond motifs is 1. The number of nitrogens with zero attached hydrogens (tertiary/aromatic N) is 2. The zero-order valence-electron chi connectivity index (χ0n) is 9.01. The summed E-state index contributed by atoms with van der Waals surface area (Å²) in [4.78, 5) is 15.3. The molecule has 0 amide bonds. The zero-order valence-corrected chi connectivity index (χ0v) is 9.01. The minimum Gasteiger partial charge on any atom is -0.497 e. The number of aromatic nitrogens is 2. The van der Waals surface area contributed by atoms with E-state index in [-0.39, 0.29) is 5.56 Å². The summed E-state index contributed by atoms with van der Waals surface area (Å²) in [6.45, 7) is 4.28. The Morgan fingerprint density at radius 1 is 1.56 bits per heavy atom. The van der Waals surface area contributed by atoms with Gasteiger partial charge in [-0.1, -0.05) is 6.08 Å². The van der Waals surface area contributed by atoms with Crippen LogP contribution in [0.4, 0.5) is 0 Å². The first-order chi connectivity index (χ1) is 7.76. The van der Waals surface area contributed by atoms with Crippen LogP contribution in [0.2, 0.25) is 0 Å². The number of allylic oxidation sites excluding steroid dienone is 1. The van der Waals surface area contributed by atoms with E-state index in [1.807, 2.05) is 10.6 Å². The standard InChI is InChI=1S/C12H12N2O2/c1-3-6-14-8-13-12(15)10-5-4-9(16-2)7-11(10)14/h3-5,7-8H,1,6H2,2H3. The molecular formula is C12H12N2O2. The number of hydrogen-bond donors (Lipinski definition) is 0. The summed E-state index contributed by atoms with van der Waals surface area (Å²) in [5.41, 5.74) is 0.581. The zero-order chi connectivity index (χ0) is 11.5. The summed E-state index contributed by atoms with van der Waals surface area (Å²) in [5, 5.41) is 0.588. The number of methoxy groups -OCH3 is 1. The van der Waals surface area contributed by atoms with Crippen molar-refractivity contribution in [3.63, 3.8) is 0 Å². The number of hydrogen-bond acceptors (Lipinski definition) is 3. The third kappa shape index (κ3) is 1.69. The van der Waals surface area contributed by atoms with Gasteiger partial charge in [0.1, 0.15) is 5.75 Å². The van der Waals surface area contributed by atoms with Gasteiger partial charge >= 0.3 is 0 Å². The summed E-state index contributed by atoms with van der Waals surface area (Å²) >= 11 is 0. The lowest BCUT2D eigenvalue weighted by Gasteiger charge is -2.08. The fourth-order valence-electron chi connectivity index (χ4n) is 1.60. The lowest BCUT2D eigenvalue weighted by molar-refractivity contribution is 0.415. The molecule has 82 valence electrons. The molecule has 0 fully saturated rings. The molecule has 0 atom stereocenters. The van der Waals surface area contributed by atoms with Gasteiger partial charge in [0.25, 0.3) is 5.56 Å². The Kier molecular flexibility index (Phi) is 2.72. The van der Waals surface area contributed by atoms with Crippen LogP contribution in [-0.4, -0.2) is 16.7 Å². The van der Waals surface area contributed by atoms with Crippen LogP contribution in [-0.2, 0) is 6.54 Å². The minimum atomic E-state index is -0.224. The number of benzene rings is 1. The maximum Gasteiger partial charge on any atom is 0.280 e. The smallest absolute Gasteiger partial charge is 0.280 e. The van der Waals surface area contributed by atoms with Crippen LogP contribution >= 0.6 is 0 Å². The van der Waals surface area contributed by atoms with Crippen molar-refractivity contribution in [3.8, 4) is 5.75 Å². The molecular weight excluding hydrogens is 204 g/mol. The quantitative estimate of drug-likeness (QED) is 0.732. The molecule has 0 saturated carbocycles. The van der Waals surface area contributed by atoms with E-state index in [1.54, 1.807) is 25.3 Å². The highest BCUT2D eigenvalue weighted by Gasteiger charge is 2.04. The first-order valence-corrected chi connectivity index (χ1v) is 4.90. The highest BCUT2D eigenvalue weighted by atomic mass is 16.5. The summed E-state index contributed by atoms with van der Waals surface area (Å²) in [6.07, 6.45) is 3.27. The summed E-state index contributed by atoms with van der Waals surface area (Å²) in [6, 6.07) is 5.30. The van der Waals surface area contributed by atoms with E-state index >= 15 is 0 Å². The second kappa shape index (κ2) is 4.18. The number of rotatable bonds is 3. The molecule has 0 unspecified atom stereocenters. The summed E-state index contributed by atoms with van der Waals surface area (Å²) in [5.74, 6) is 0.718. The molecule has 0 radical (unpaired) electrons. The van der Waals surface area contributed by atoms with Crippen molar-refractivity contribution < 1.29 is 4.74 Å². The highest BCUT2D eigenvalue weighted by molar-refractivity contribution is 5.79. The van der Waals surface area contributed by atoms with Gasteiger partial charge in [-0.05, 0) is 12.1 Å². The summed E-state index contributed by atoms with van der Waals surface area (Å²) in [7, 11) is 1.60. The van der Waals surface area contributed by atoms with Gasteiger partial charge in [-0.3, -0.25) is 4.79 Å². The second-order valence-corrected chi connectivity index (χ2v) is 3.37. The van der Waals surface area contributed by atoms with Gasteiger partial charge in [-0.15, -0.1) is 6.58 Å². The lowest BCUT2D eigenvalue weighted by Crippen LogP contribution is -2.12. The topological polar surface area (TPSA) is 44.1 Å². The lowest BCUT2D eigenvalue weighted by atomic mass is 10.2. The molecule has 0 aliphatic rings. The highest BCUT2D eigenvalue weighted by Crippen LogP contribution is 2.17. The first-order valence-electron chi connectivity index (χ1n) is 4.90. The fourth-order valence-corrected chi connectivity index (χ4v) is 1.60. The van der Waals surface area contributed by atoms with Crippen LogP contribution in [0, 0.1) is 0 Å². The van der Waals surface area contributed by atoms with Crippen LogP contribution in [0.5, 0.6) is 5.75 Å². The average molecular weight is 216 g/mol. The van der Waals surface area contributed by atoms with E-state index in [2.05, 4.69) is 11.6 Å².